The fourth-order valence-corrected chi connectivity index (χ4v) is 3.18. The second-order valence-corrected chi connectivity index (χ2v) is 6.32. The summed E-state index contributed by atoms with van der Waals surface area (Å²) in [5.41, 5.74) is 0.929. The first-order chi connectivity index (χ1) is 12.8. The van der Waals surface area contributed by atoms with Crippen LogP contribution in [0.25, 0.3) is 0 Å². The third kappa shape index (κ3) is 3.74. The van der Waals surface area contributed by atoms with Crippen LogP contribution in [-0.2, 0) is 0 Å². The van der Waals surface area contributed by atoms with Crippen LogP contribution in [-0.4, -0.2) is 43.0 Å². The number of hydrogen-bond donors (Lipinski definition) is 1. The molecule has 3 aromatic heterocycles. The predicted molar refractivity (Wildman–Crippen MR) is 98.3 cm³/mol. The Labute approximate surface area is 151 Å². The average molecular weight is 348 g/mol. The molecule has 8 nitrogen and oxygen atoms in total. The van der Waals surface area contributed by atoms with Crippen LogP contribution in [0.1, 0.15) is 30.3 Å². The molecule has 1 aliphatic rings. The van der Waals surface area contributed by atoms with Gasteiger partial charge in [-0.3, -0.25) is 9.97 Å². The van der Waals surface area contributed by atoms with Crippen molar-refractivity contribution in [2.45, 2.75) is 25.7 Å². The van der Waals surface area contributed by atoms with E-state index in [2.05, 4.69) is 35.1 Å². The highest BCUT2D eigenvalue weighted by molar-refractivity contribution is 5.50. The topological polar surface area (TPSA) is 92.6 Å². The zero-order valence-electron chi connectivity index (χ0n) is 14.6. The molecule has 0 aromatic carbocycles. The summed E-state index contributed by atoms with van der Waals surface area (Å²) in [4.78, 5) is 28.6. The van der Waals surface area contributed by atoms with E-state index in [0.717, 1.165) is 49.1 Å². The highest BCUT2D eigenvalue weighted by Crippen LogP contribution is 2.28. The fourth-order valence-electron chi connectivity index (χ4n) is 3.18. The van der Waals surface area contributed by atoms with E-state index >= 15 is 0 Å². The van der Waals surface area contributed by atoms with E-state index in [4.69, 9.17) is 4.98 Å². The lowest BCUT2D eigenvalue weighted by Gasteiger charge is -2.32. The van der Waals surface area contributed by atoms with Crippen molar-refractivity contribution in [1.29, 1.82) is 0 Å². The summed E-state index contributed by atoms with van der Waals surface area (Å²) in [5.74, 6) is 3.42. The van der Waals surface area contributed by atoms with Crippen molar-refractivity contribution in [3.8, 4) is 0 Å². The Morgan fingerprint density at radius 3 is 2.62 bits per heavy atom. The molecule has 1 unspecified atom stereocenters. The van der Waals surface area contributed by atoms with Gasteiger partial charge in [0.1, 0.15) is 23.3 Å². The number of aryl methyl sites for hydroxylation is 1. The Morgan fingerprint density at radius 1 is 1.00 bits per heavy atom. The minimum Gasteiger partial charge on any atom is -0.355 e. The zero-order valence-corrected chi connectivity index (χ0v) is 14.6. The van der Waals surface area contributed by atoms with E-state index in [0.29, 0.717) is 5.82 Å². The minimum absolute atomic E-state index is 0.257. The molecule has 8 heteroatoms. The molecule has 0 spiro atoms. The molecule has 1 saturated heterocycles. The third-order valence-electron chi connectivity index (χ3n) is 4.35. The molecule has 132 valence electrons. The molecule has 0 bridgehead atoms. The van der Waals surface area contributed by atoms with Crippen molar-refractivity contribution in [3.63, 3.8) is 0 Å². The maximum atomic E-state index is 4.73. The fraction of sp³-hybridized carbons (Fsp3) is 0.333. The van der Waals surface area contributed by atoms with Crippen molar-refractivity contribution in [1.82, 2.24) is 29.9 Å². The van der Waals surface area contributed by atoms with Crippen LogP contribution in [0.5, 0.6) is 0 Å². The Hall–Kier alpha value is -3.16. The average Bonchev–Trinajstić information content (AvgIpc) is 2.69. The number of rotatable bonds is 4. The minimum atomic E-state index is 0.257. The van der Waals surface area contributed by atoms with Gasteiger partial charge in [0.2, 0.25) is 0 Å². The van der Waals surface area contributed by atoms with Gasteiger partial charge in [0.25, 0.3) is 0 Å². The van der Waals surface area contributed by atoms with E-state index in [9.17, 15) is 0 Å². The highest BCUT2D eigenvalue weighted by Gasteiger charge is 2.25. The number of nitrogens with one attached hydrogen (secondary N) is 1. The Balaban J connectivity index is 1.55. The molecule has 0 aliphatic carbocycles. The Bertz CT molecular complexity index is 856. The molecule has 0 radical (unpaired) electrons. The van der Waals surface area contributed by atoms with Gasteiger partial charge in [-0.1, -0.05) is 0 Å². The molecular weight excluding hydrogens is 328 g/mol. The summed E-state index contributed by atoms with van der Waals surface area (Å²) in [5, 5.41) is 3.21. The van der Waals surface area contributed by atoms with Crippen LogP contribution in [0.4, 0.5) is 17.5 Å². The van der Waals surface area contributed by atoms with Gasteiger partial charge < -0.3 is 10.2 Å². The Kier molecular flexibility index (Phi) is 4.63. The molecule has 0 amide bonds. The first-order valence-electron chi connectivity index (χ1n) is 8.67. The first-order valence-corrected chi connectivity index (χ1v) is 8.67. The number of hydrogen-bond acceptors (Lipinski definition) is 8. The molecule has 4 heterocycles. The quantitative estimate of drug-likeness (QED) is 0.769. The van der Waals surface area contributed by atoms with Crippen LogP contribution in [0, 0.1) is 6.92 Å². The number of aromatic nitrogens is 6. The summed E-state index contributed by atoms with van der Waals surface area (Å²) in [7, 11) is 0. The molecule has 1 fully saturated rings. The van der Waals surface area contributed by atoms with Gasteiger partial charge in [-0.05, 0) is 19.8 Å². The van der Waals surface area contributed by atoms with Crippen molar-refractivity contribution >= 4 is 17.5 Å². The summed E-state index contributed by atoms with van der Waals surface area (Å²) >= 11 is 0. The van der Waals surface area contributed by atoms with Gasteiger partial charge in [0.05, 0.1) is 12.4 Å². The second-order valence-electron chi connectivity index (χ2n) is 6.32. The standard InChI is InChI=1S/C18H20N8/c1-13-9-15(24-16-10-19-4-6-21-16)25-18(23-13)14-3-2-8-26(12-14)17-11-20-5-7-22-17/h4-7,9-11,14H,2-3,8,12H2,1H3,(H,21,23,24,25). The van der Waals surface area contributed by atoms with E-state index in [1.807, 2.05) is 13.0 Å². The first kappa shape index (κ1) is 16.3. The zero-order chi connectivity index (χ0) is 17.8. The maximum absolute atomic E-state index is 4.73. The van der Waals surface area contributed by atoms with Crippen molar-refractivity contribution < 1.29 is 0 Å². The molecule has 1 atom stereocenters. The van der Waals surface area contributed by atoms with Gasteiger partial charge >= 0.3 is 0 Å². The smallest absolute Gasteiger partial charge is 0.150 e. The van der Waals surface area contributed by atoms with Gasteiger partial charge in [0.15, 0.2) is 0 Å². The monoisotopic (exact) mass is 348 g/mol. The van der Waals surface area contributed by atoms with Gasteiger partial charge in [-0.2, -0.15) is 0 Å². The predicted octanol–water partition coefficient (Wildman–Crippen LogP) is 2.49. The second kappa shape index (κ2) is 7.38. The van der Waals surface area contributed by atoms with Crippen molar-refractivity contribution in [3.05, 3.63) is 54.8 Å². The van der Waals surface area contributed by atoms with E-state index in [1.54, 1.807) is 37.2 Å². The highest BCUT2D eigenvalue weighted by atomic mass is 15.2. The molecular formula is C18H20N8. The Morgan fingerprint density at radius 2 is 1.85 bits per heavy atom. The van der Waals surface area contributed by atoms with E-state index < -0.39 is 0 Å². The number of anilines is 3. The summed E-state index contributed by atoms with van der Waals surface area (Å²) in [6.07, 6.45) is 12.3. The van der Waals surface area contributed by atoms with E-state index in [1.165, 1.54) is 0 Å². The number of piperidine rings is 1. The summed E-state index contributed by atoms with van der Waals surface area (Å²) < 4.78 is 0. The lowest BCUT2D eigenvalue weighted by atomic mass is 9.97. The van der Waals surface area contributed by atoms with Gasteiger partial charge in [-0.15, -0.1) is 0 Å². The molecule has 0 saturated carbocycles. The normalized spacial score (nSPS) is 17.1. The van der Waals surface area contributed by atoms with Crippen LogP contribution >= 0.6 is 0 Å². The van der Waals surface area contributed by atoms with Crippen LogP contribution in [0.3, 0.4) is 0 Å². The SMILES string of the molecule is Cc1cc(Nc2cnccn2)nc(C2CCCN(c3cnccn3)C2)n1. The summed E-state index contributed by atoms with van der Waals surface area (Å²) in [6, 6.07) is 1.92. The molecule has 1 N–H and O–H groups in total. The largest absolute Gasteiger partial charge is 0.355 e. The maximum Gasteiger partial charge on any atom is 0.150 e. The van der Waals surface area contributed by atoms with Crippen LogP contribution < -0.4 is 10.2 Å². The lowest BCUT2D eigenvalue weighted by molar-refractivity contribution is 0.488. The van der Waals surface area contributed by atoms with Gasteiger partial charge in [-0.25, -0.2) is 19.9 Å². The molecule has 1 aliphatic heterocycles. The van der Waals surface area contributed by atoms with E-state index in [-0.39, 0.29) is 5.92 Å². The van der Waals surface area contributed by atoms with Crippen LogP contribution in [0.15, 0.2) is 43.2 Å². The number of nitrogens with zero attached hydrogens (tertiary/aromatic N) is 7. The molecule has 26 heavy (non-hydrogen) atoms. The summed E-state index contributed by atoms with van der Waals surface area (Å²) in [6.45, 7) is 3.80. The van der Waals surface area contributed by atoms with Crippen molar-refractivity contribution in [2.24, 2.45) is 0 Å². The molecule has 4 rings (SSSR count). The van der Waals surface area contributed by atoms with Crippen LogP contribution in [0.2, 0.25) is 0 Å². The van der Waals surface area contributed by atoms with Gasteiger partial charge in [0, 0.05) is 55.6 Å². The molecule has 3 aromatic rings. The lowest BCUT2D eigenvalue weighted by Crippen LogP contribution is -2.35. The third-order valence-corrected chi connectivity index (χ3v) is 4.35. The van der Waals surface area contributed by atoms with Crippen molar-refractivity contribution in [2.75, 3.05) is 23.3 Å².